The van der Waals surface area contributed by atoms with Crippen molar-refractivity contribution in [3.05, 3.63) is 35.9 Å². The molecule has 3 atom stereocenters. The van der Waals surface area contributed by atoms with Gasteiger partial charge < -0.3 is 24.6 Å². The van der Waals surface area contributed by atoms with Gasteiger partial charge in [0.05, 0.1) is 24.8 Å². The van der Waals surface area contributed by atoms with Gasteiger partial charge in [-0.3, -0.25) is 9.69 Å². The highest BCUT2D eigenvalue weighted by Crippen LogP contribution is 2.48. The highest BCUT2D eigenvalue weighted by Gasteiger charge is 2.58. The fourth-order valence-corrected chi connectivity index (χ4v) is 7.70. The van der Waals surface area contributed by atoms with Crippen LogP contribution in [0.5, 0.6) is 0 Å². The second-order valence-corrected chi connectivity index (χ2v) is 13.4. The Kier molecular flexibility index (Phi) is 8.28. The van der Waals surface area contributed by atoms with E-state index >= 15 is 0 Å². The molecule has 4 heterocycles. The largest absolute Gasteiger partial charge is 0.355 e. The molecule has 39 heavy (non-hydrogen) atoms. The van der Waals surface area contributed by atoms with Crippen LogP contribution >= 0.6 is 0 Å². The number of urea groups is 1. The Bertz CT molecular complexity index is 995. The number of carbonyl (C=O) groups excluding carboxylic acids is 2. The fraction of sp³-hybridized carbons (Fsp3) is 0.742. The predicted molar refractivity (Wildman–Crippen MR) is 151 cm³/mol. The fourth-order valence-electron chi connectivity index (χ4n) is 7.70. The lowest BCUT2D eigenvalue weighted by atomic mass is 9.81. The summed E-state index contributed by atoms with van der Waals surface area (Å²) in [6.45, 7) is 14.4. The monoisotopic (exact) mass is 540 g/mol. The molecule has 0 radical (unpaired) electrons. The van der Waals surface area contributed by atoms with Crippen molar-refractivity contribution >= 4 is 11.9 Å². The number of carbonyl (C=O) groups is 2. The molecule has 0 aromatic heterocycles. The molecule has 1 N–H and O–H groups in total. The smallest absolute Gasteiger partial charge is 0.320 e. The molecule has 1 aromatic rings. The standard InChI is InChI=1S/C31H48N4O4/c1-22(2)28(36)32-27(24-9-7-6-8-10-24)13-14-34-25-11-12-26(34)16-31(15-25)18-33(29(37)35(31)23(3)4)17-30(5)19-38-21-39-20-30/h6-10,22-23,25-27H,11-21H2,1-5H3,(H,32,36)/t25?,26?,27-,31?/m0/s1. The van der Waals surface area contributed by atoms with Crippen molar-refractivity contribution in [2.75, 3.05) is 39.6 Å². The van der Waals surface area contributed by atoms with E-state index in [2.05, 4.69) is 52.9 Å². The zero-order valence-electron chi connectivity index (χ0n) is 24.5. The van der Waals surface area contributed by atoms with E-state index in [1.807, 2.05) is 32.0 Å². The molecule has 8 nitrogen and oxygen atoms in total. The van der Waals surface area contributed by atoms with Crippen LogP contribution in [0.25, 0.3) is 0 Å². The van der Waals surface area contributed by atoms with Crippen LogP contribution in [0.1, 0.15) is 78.3 Å². The van der Waals surface area contributed by atoms with E-state index in [0.29, 0.717) is 38.6 Å². The number of hydrogen-bond acceptors (Lipinski definition) is 5. The van der Waals surface area contributed by atoms with Gasteiger partial charge >= 0.3 is 6.03 Å². The van der Waals surface area contributed by atoms with Gasteiger partial charge in [-0.2, -0.15) is 0 Å². The molecular weight excluding hydrogens is 492 g/mol. The van der Waals surface area contributed by atoms with Gasteiger partial charge in [-0.15, -0.1) is 0 Å². The third kappa shape index (κ3) is 5.84. The second-order valence-electron chi connectivity index (χ2n) is 13.4. The van der Waals surface area contributed by atoms with Crippen LogP contribution in [0.3, 0.4) is 0 Å². The second kappa shape index (κ2) is 11.4. The Morgan fingerprint density at radius 2 is 1.69 bits per heavy atom. The summed E-state index contributed by atoms with van der Waals surface area (Å²) in [7, 11) is 0. The Labute approximate surface area is 234 Å². The van der Waals surface area contributed by atoms with Crippen molar-refractivity contribution in [1.82, 2.24) is 20.0 Å². The van der Waals surface area contributed by atoms with Gasteiger partial charge in [-0.1, -0.05) is 51.1 Å². The first-order valence-corrected chi connectivity index (χ1v) is 15.0. The number of hydrogen-bond donors (Lipinski definition) is 1. The van der Waals surface area contributed by atoms with Gasteiger partial charge in [0.2, 0.25) is 5.91 Å². The summed E-state index contributed by atoms with van der Waals surface area (Å²) in [6.07, 6.45) is 5.28. The Morgan fingerprint density at radius 1 is 1.05 bits per heavy atom. The third-order valence-corrected chi connectivity index (χ3v) is 9.35. The van der Waals surface area contributed by atoms with E-state index in [-0.39, 0.29) is 40.9 Å². The van der Waals surface area contributed by atoms with Crippen molar-refractivity contribution in [3.8, 4) is 0 Å². The van der Waals surface area contributed by atoms with Crippen LogP contribution in [-0.4, -0.2) is 89.9 Å². The van der Waals surface area contributed by atoms with E-state index in [1.165, 1.54) is 18.4 Å². The van der Waals surface area contributed by atoms with Gasteiger partial charge in [-0.05, 0) is 51.5 Å². The Hall–Kier alpha value is -2.16. The lowest BCUT2D eigenvalue weighted by molar-refractivity contribution is -0.162. The number of piperidine rings is 1. The number of rotatable bonds is 9. The first-order chi connectivity index (χ1) is 18.6. The third-order valence-electron chi connectivity index (χ3n) is 9.35. The van der Waals surface area contributed by atoms with Crippen LogP contribution in [0, 0.1) is 11.3 Å². The molecule has 2 bridgehead atoms. The summed E-state index contributed by atoms with van der Waals surface area (Å²) in [5.41, 5.74) is 0.874. The molecule has 4 saturated heterocycles. The SMILES string of the molecule is CC(C)C(=O)N[C@@H](CCN1C2CCC1CC1(C2)CN(CC2(C)COCOC2)C(=O)N1C(C)C)c1ccccc1. The van der Waals surface area contributed by atoms with Crippen LogP contribution in [0.4, 0.5) is 4.79 Å². The van der Waals surface area contributed by atoms with Crippen molar-refractivity contribution in [3.63, 3.8) is 0 Å². The Balaban J connectivity index is 1.29. The number of amides is 3. The number of nitrogens with one attached hydrogen (secondary N) is 1. The quantitative estimate of drug-likeness (QED) is 0.502. The van der Waals surface area contributed by atoms with Crippen molar-refractivity contribution in [2.24, 2.45) is 11.3 Å². The van der Waals surface area contributed by atoms with Crippen molar-refractivity contribution < 1.29 is 19.1 Å². The molecule has 0 aliphatic carbocycles. The lowest BCUT2D eigenvalue weighted by Gasteiger charge is -2.49. The summed E-state index contributed by atoms with van der Waals surface area (Å²) in [4.78, 5) is 33.4. The number of ether oxygens (including phenoxy) is 2. The minimum atomic E-state index is -0.172. The maximum Gasteiger partial charge on any atom is 0.320 e. The highest BCUT2D eigenvalue weighted by atomic mass is 16.7. The van der Waals surface area contributed by atoms with Gasteiger partial charge in [-0.25, -0.2) is 4.79 Å². The van der Waals surface area contributed by atoms with Crippen LogP contribution in [0.2, 0.25) is 0 Å². The normalized spacial score (nSPS) is 29.6. The summed E-state index contributed by atoms with van der Waals surface area (Å²) in [5, 5.41) is 3.30. The topological polar surface area (TPSA) is 74.4 Å². The lowest BCUT2D eigenvalue weighted by Crippen LogP contribution is -2.60. The van der Waals surface area contributed by atoms with Crippen molar-refractivity contribution in [1.29, 1.82) is 0 Å². The van der Waals surface area contributed by atoms with Crippen LogP contribution < -0.4 is 5.32 Å². The first-order valence-electron chi connectivity index (χ1n) is 15.0. The van der Waals surface area contributed by atoms with Crippen molar-refractivity contribution in [2.45, 2.75) is 96.4 Å². The molecule has 4 aliphatic rings. The zero-order valence-corrected chi connectivity index (χ0v) is 24.5. The molecule has 3 amide bonds. The van der Waals surface area contributed by atoms with Crippen LogP contribution in [0.15, 0.2) is 30.3 Å². The molecule has 5 rings (SSSR count). The van der Waals surface area contributed by atoms with Gasteiger partial charge in [0.1, 0.15) is 6.79 Å². The molecule has 1 spiro atoms. The average molecular weight is 541 g/mol. The molecule has 0 saturated carbocycles. The van der Waals surface area contributed by atoms with E-state index in [1.54, 1.807) is 0 Å². The molecule has 4 fully saturated rings. The molecule has 216 valence electrons. The molecule has 1 aromatic carbocycles. The summed E-state index contributed by atoms with van der Waals surface area (Å²) in [6, 6.07) is 11.6. The summed E-state index contributed by atoms with van der Waals surface area (Å²) >= 11 is 0. The number of benzene rings is 1. The van der Waals surface area contributed by atoms with Gasteiger partial charge in [0.15, 0.2) is 0 Å². The summed E-state index contributed by atoms with van der Waals surface area (Å²) in [5.74, 6) is 0.0603. The maximum absolute atomic E-state index is 13.8. The minimum Gasteiger partial charge on any atom is -0.355 e. The summed E-state index contributed by atoms with van der Waals surface area (Å²) < 4.78 is 11.2. The zero-order chi connectivity index (χ0) is 27.8. The Morgan fingerprint density at radius 3 is 2.28 bits per heavy atom. The minimum absolute atomic E-state index is 0.00720. The molecular formula is C31H48N4O4. The number of nitrogens with zero attached hydrogens (tertiary/aromatic N) is 3. The molecule has 4 aliphatic heterocycles. The van der Waals surface area contributed by atoms with E-state index in [9.17, 15) is 9.59 Å². The average Bonchev–Trinajstić information content (AvgIpc) is 3.30. The van der Waals surface area contributed by atoms with E-state index in [0.717, 1.165) is 32.4 Å². The van der Waals surface area contributed by atoms with E-state index in [4.69, 9.17) is 9.47 Å². The highest BCUT2D eigenvalue weighted by molar-refractivity contribution is 5.79. The van der Waals surface area contributed by atoms with E-state index < -0.39 is 0 Å². The maximum atomic E-state index is 13.8. The van der Waals surface area contributed by atoms with Gasteiger partial charge in [0.25, 0.3) is 0 Å². The molecule has 2 unspecified atom stereocenters. The molecule has 8 heteroatoms. The van der Waals surface area contributed by atoms with Gasteiger partial charge in [0, 0.05) is 49.1 Å². The number of fused-ring (bicyclic) bond motifs is 2. The van der Waals surface area contributed by atoms with Crippen LogP contribution in [-0.2, 0) is 14.3 Å². The first kappa shape index (κ1) is 28.4. The predicted octanol–water partition coefficient (Wildman–Crippen LogP) is 4.41.